The molecule has 7 heteroatoms. The van der Waals surface area contributed by atoms with Crippen LogP contribution in [0.2, 0.25) is 0 Å². The van der Waals surface area contributed by atoms with Crippen molar-refractivity contribution in [2.75, 3.05) is 0 Å². The van der Waals surface area contributed by atoms with Crippen LogP contribution in [0.25, 0.3) is 55.3 Å². The summed E-state index contributed by atoms with van der Waals surface area (Å²) in [5.41, 5.74) is 8.31. The Morgan fingerprint density at radius 2 is 1.14 bits per heavy atom. The Hall–Kier alpha value is -3.30. The monoisotopic (exact) mass is 524 g/mol. The van der Waals surface area contributed by atoms with Gasteiger partial charge in [-0.2, -0.15) is 0 Å². The lowest BCUT2D eigenvalue weighted by Gasteiger charge is -2.21. The summed E-state index contributed by atoms with van der Waals surface area (Å²) in [5.74, 6) is 0. The highest BCUT2D eigenvalue weighted by atomic mass is 79.9. The molecule has 0 fully saturated rings. The Labute approximate surface area is 230 Å². The van der Waals surface area contributed by atoms with Crippen molar-refractivity contribution >= 4 is 104 Å². The van der Waals surface area contributed by atoms with E-state index in [0.717, 1.165) is 54.2 Å². The molecule has 6 aromatic rings. The van der Waals surface area contributed by atoms with Crippen LogP contribution in [0.4, 0.5) is 0 Å². The van der Waals surface area contributed by atoms with E-state index in [0.29, 0.717) is 16.5 Å². The molecule has 1 nitrogen and oxygen atoms in total. The van der Waals surface area contributed by atoms with E-state index in [1.165, 1.54) is 0 Å². The Morgan fingerprint density at radius 1 is 0.541 bits per heavy atom. The van der Waals surface area contributed by atoms with Crippen molar-refractivity contribution in [3.8, 4) is 33.4 Å². The largest absolute Gasteiger partial charge is 0.455 e. The molecule has 0 saturated carbocycles. The lowest BCUT2D eigenvalue weighted by atomic mass is 9.59. The predicted molar refractivity (Wildman–Crippen MR) is 165 cm³/mol. The molecule has 0 unspecified atom stereocenters. The first-order chi connectivity index (χ1) is 17.8. The van der Waals surface area contributed by atoms with Gasteiger partial charge in [0.05, 0.1) is 0 Å². The summed E-state index contributed by atoms with van der Waals surface area (Å²) in [6, 6.07) is 28.5. The van der Waals surface area contributed by atoms with Crippen molar-refractivity contribution in [3.05, 3.63) is 89.4 Å². The Morgan fingerprint density at radius 3 is 1.86 bits per heavy atom. The van der Waals surface area contributed by atoms with Crippen LogP contribution in [-0.4, -0.2) is 39.2 Å². The smallest absolute Gasteiger partial charge is 0.143 e. The van der Waals surface area contributed by atoms with Gasteiger partial charge >= 0.3 is 0 Å². The highest BCUT2D eigenvalue weighted by Crippen LogP contribution is 2.42. The molecule has 162 valence electrons. The lowest BCUT2D eigenvalue weighted by molar-refractivity contribution is 0.670. The van der Waals surface area contributed by atoms with Gasteiger partial charge in [0.2, 0.25) is 0 Å². The van der Waals surface area contributed by atoms with E-state index >= 15 is 0 Å². The summed E-state index contributed by atoms with van der Waals surface area (Å²) in [7, 11) is 31.0. The third-order valence-corrected chi connectivity index (χ3v) is 7.32. The molecule has 1 heterocycles. The molecule has 0 atom stereocenters. The van der Waals surface area contributed by atoms with E-state index in [9.17, 15) is 0 Å². The Balaban J connectivity index is 1.62. The number of hydrogen-bond donors (Lipinski definition) is 0. The number of para-hydroxylation sites is 1. The fourth-order valence-corrected chi connectivity index (χ4v) is 5.35. The molecule has 0 saturated heterocycles. The first-order valence-corrected chi connectivity index (χ1v) is 12.5. The molecule has 0 aliphatic heterocycles. The normalized spacial score (nSPS) is 11.4. The van der Waals surface area contributed by atoms with Crippen molar-refractivity contribution in [2.45, 2.75) is 0 Å². The van der Waals surface area contributed by atoms with E-state index in [1.54, 1.807) is 0 Å². The number of rotatable bonds is 3. The average Bonchev–Trinajstić information content (AvgIpc) is 3.30. The first-order valence-electron chi connectivity index (χ1n) is 11.7. The number of benzene rings is 5. The Bertz CT molecular complexity index is 1830. The molecule has 0 bridgehead atoms. The second kappa shape index (κ2) is 9.22. The minimum Gasteiger partial charge on any atom is -0.455 e. The standard InChI is InChI=1S/C30H14B5BrO/c31-25-23(26(32)28(34)29(35)27(25)33)17-7-3-5-15(13-17)20-12-11-19(16-6-4-8-18(36)14-16)24-21-9-1-2-10-22(21)37-30(20)24/h1-14H. The molecule has 6 rings (SSSR count). The van der Waals surface area contributed by atoms with Crippen LogP contribution >= 0.6 is 15.9 Å². The fraction of sp³-hybridized carbons (Fsp3) is 0. The van der Waals surface area contributed by atoms with Gasteiger partial charge in [-0.25, -0.2) is 0 Å². The highest BCUT2D eigenvalue weighted by Gasteiger charge is 2.18. The lowest BCUT2D eigenvalue weighted by Crippen LogP contribution is -2.55. The molecule has 0 spiro atoms. The second-order valence-corrected chi connectivity index (χ2v) is 9.91. The zero-order valence-electron chi connectivity index (χ0n) is 19.8. The van der Waals surface area contributed by atoms with Gasteiger partial charge in [-0.1, -0.05) is 81.5 Å². The van der Waals surface area contributed by atoms with Crippen LogP contribution in [0.3, 0.4) is 0 Å². The summed E-state index contributed by atoms with van der Waals surface area (Å²) >= 11 is 3.60. The molecule has 10 radical (unpaired) electrons. The molecule has 5 aromatic carbocycles. The summed E-state index contributed by atoms with van der Waals surface area (Å²) in [5, 5.41) is 2.11. The minimum atomic E-state index is 0.196. The zero-order valence-corrected chi connectivity index (χ0v) is 21.3. The van der Waals surface area contributed by atoms with Gasteiger partial charge in [0, 0.05) is 20.8 Å². The van der Waals surface area contributed by atoms with Gasteiger partial charge in [0.1, 0.15) is 50.4 Å². The Kier molecular flexibility index (Phi) is 6.00. The van der Waals surface area contributed by atoms with E-state index in [2.05, 4.69) is 46.3 Å². The minimum absolute atomic E-state index is 0.196. The topological polar surface area (TPSA) is 13.1 Å². The zero-order chi connectivity index (χ0) is 25.8. The van der Waals surface area contributed by atoms with E-state index in [-0.39, 0.29) is 16.4 Å². The van der Waals surface area contributed by atoms with E-state index in [4.69, 9.17) is 43.6 Å². The van der Waals surface area contributed by atoms with E-state index in [1.807, 2.05) is 54.6 Å². The average molecular weight is 524 g/mol. The highest BCUT2D eigenvalue weighted by molar-refractivity contribution is 9.10. The van der Waals surface area contributed by atoms with Crippen LogP contribution in [0, 0.1) is 0 Å². The summed E-state index contributed by atoms with van der Waals surface area (Å²) in [6.07, 6.45) is 0. The van der Waals surface area contributed by atoms with Crippen molar-refractivity contribution < 1.29 is 4.42 Å². The van der Waals surface area contributed by atoms with Gasteiger partial charge in [0.15, 0.2) is 0 Å². The number of halogens is 1. The maximum Gasteiger partial charge on any atom is 0.143 e. The van der Waals surface area contributed by atoms with Crippen molar-refractivity contribution in [1.29, 1.82) is 0 Å². The van der Waals surface area contributed by atoms with Gasteiger partial charge in [-0.3, -0.25) is 0 Å². The molecular weight excluding hydrogens is 510 g/mol. The first kappa shape index (κ1) is 24.1. The summed E-state index contributed by atoms with van der Waals surface area (Å²) < 4.78 is 7.47. The van der Waals surface area contributed by atoms with Gasteiger partial charge in [0.25, 0.3) is 0 Å². The van der Waals surface area contributed by atoms with Crippen LogP contribution in [0.15, 0.2) is 93.8 Å². The van der Waals surface area contributed by atoms with Crippen LogP contribution in [0.5, 0.6) is 0 Å². The molecular formula is C30H14B5BrO. The second-order valence-electron chi connectivity index (χ2n) is 9.00. The third kappa shape index (κ3) is 3.92. The maximum absolute atomic E-state index is 6.46. The quantitative estimate of drug-likeness (QED) is 0.324. The fourth-order valence-electron chi connectivity index (χ4n) is 4.96. The molecule has 1 aromatic heterocycles. The molecule has 37 heavy (non-hydrogen) atoms. The van der Waals surface area contributed by atoms with Crippen LogP contribution in [0.1, 0.15) is 0 Å². The molecule has 0 aliphatic rings. The number of hydrogen-bond acceptors (Lipinski definition) is 1. The summed E-state index contributed by atoms with van der Waals surface area (Å²) in [6.45, 7) is 0. The van der Waals surface area contributed by atoms with Gasteiger partial charge in [-0.15, -0.1) is 16.4 Å². The SMILES string of the molecule is [B]c1c([B])c([B])c(-c2cccc(-c3ccc(-c4cccc(Br)c4)c4c3oc3ccccc34)c2)c([B])c1[B]. The molecule has 0 N–H and O–H groups in total. The number of fused-ring (bicyclic) bond motifs is 3. The van der Waals surface area contributed by atoms with Crippen LogP contribution < -0.4 is 27.3 Å². The van der Waals surface area contributed by atoms with E-state index < -0.39 is 0 Å². The van der Waals surface area contributed by atoms with Crippen molar-refractivity contribution in [1.82, 2.24) is 0 Å². The third-order valence-electron chi connectivity index (χ3n) is 6.82. The maximum atomic E-state index is 6.46. The molecule has 0 amide bonds. The van der Waals surface area contributed by atoms with Crippen molar-refractivity contribution in [2.24, 2.45) is 0 Å². The predicted octanol–water partition coefficient (Wildman–Crippen LogP) is 3.32. The summed E-state index contributed by atoms with van der Waals surface area (Å²) in [4.78, 5) is 0. The number of furan rings is 1. The van der Waals surface area contributed by atoms with Crippen molar-refractivity contribution in [3.63, 3.8) is 0 Å². The van der Waals surface area contributed by atoms with Gasteiger partial charge < -0.3 is 4.42 Å². The van der Waals surface area contributed by atoms with Crippen LogP contribution in [-0.2, 0) is 0 Å². The van der Waals surface area contributed by atoms with Gasteiger partial charge in [-0.05, 0) is 58.1 Å². The molecule has 0 aliphatic carbocycles.